The number of hydrogen-bond acceptors (Lipinski definition) is 2. The molecule has 1 N–H and O–H groups in total. The maximum Gasteiger partial charge on any atom is 0.146 e. The summed E-state index contributed by atoms with van der Waals surface area (Å²) >= 11 is 0. The number of fused-ring (bicyclic) bond motifs is 5. The summed E-state index contributed by atoms with van der Waals surface area (Å²) in [6.07, 6.45) is 13.5. The Morgan fingerprint density at radius 1 is 1.00 bits per heavy atom. The molecule has 3 saturated carbocycles. The Balaban J connectivity index is 1.47. The van der Waals surface area contributed by atoms with E-state index in [0.29, 0.717) is 23.7 Å². The van der Waals surface area contributed by atoms with Crippen LogP contribution in [0.15, 0.2) is 0 Å². The Morgan fingerprint density at radius 2 is 1.79 bits per heavy atom. The second-order valence-electron chi connectivity index (χ2n) is 12.1. The second-order valence-corrected chi connectivity index (χ2v) is 12.1. The molecule has 8 atom stereocenters. The van der Waals surface area contributed by atoms with E-state index in [2.05, 4.69) is 39.9 Å². The smallest absolute Gasteiger partial charge is 0.146 e. The third-order valence-corrected chi connectivity index (χ3v) is 10.2. The van der Waals surface area contributed by atoms with Crippen molar-refractivity contribution in [1.29, 1.82) is 0 Å². The number of Topliss-reactive ketones (excluding diaryl/α,β-unsaturated/α-hetero) is 1. The van der Waals surface area contributed by atoms with Gasteiger partial charge in [-0.2, -0.15) is 0 Å². The van der Waals surface area contributed by atoms with Crippen molar-refractivity contribution in [1.82, 2.24) is 5.32 Å². The number of piperidine rings is 1. The van der Waals surface area contributed by atoms with Gasteiger partial charge in [0, 0.05) is 12.0 Å². The van der Waals surface area contributed by atoms with Crippen molar-refractivity contribution in [2.75, 3.05) is 6.54 Å². The summed E-state index contributed by atoms with van der Waals surface area (Å²) in [6.45, 7) is 13.1. The molecule has 1 heterocycles. The van der Waals surface area contributed by atoms with Gasteiger partial charge in [-0.1, -0.05) is 47.0 Å². The van der Waals surface area contributed by atoms with Crippen LogP contribution in [0.3, 0.4) is 0 Å². The van der Waals surface area contributed by atoms with Crippen LogP contribution in [0.1, 0.15) is 98.8 Å². The highest BCUT2D eigenvalue weighted by molar-refractivity contribution is 5.82. The fourth-order valence-corrected chi connectivity index (χ4v) is 8.68. The molecule has 0 aromatic heterocycles. The summed E-state index contributed by atoms with van der Waals surface area (Å²) in [6, 6.07) is 0. The van der Waals surface area contributed by atoms with Crippen LogP contribution in [-0.4, -0.2) is 17.9 Å². The lowest BCUT2D eigenvalue weighted by Gasteiger charge is -2.60. The third-order valence-electron chi connectivity index (χ3n) is 10.2. The van der Waals surface area contributed by atoms with E-state index in [9.17, 15) is 4.79 Å². The molecule has 3 aliphatic carbocycles. The zero-order chi connectivity index (χ0) is 20.1. The van der Waals surface area contributed by atoms with Crippen molar-refractivity contribution in [2.45, 2.75) is 104 Å². The van der Waals surface area contributed by atoms with Gasteiger partial charge in [-0.15, -0.1) is 0 Å². The number of carbonyl (C=O) groups is 1. The molecule has 0 bridgehead atoms. The molecule has 1 saturated heterocycles. The van der Waals surface area contributed by atoms with Crippen LogP contribution in [0.5, 0.6) is 0 Å². The van der Waals surface area contributed by atoms with Gasteiger partial charge in [0.05, 0.1) is 6.54 Å². The SMILES string of the molecule is CC(C)CCC[C@@H](C)[C@H]1CC[C@H]2[C@@H]3CCC4CC(=O)CN[C@]4(C)[C@H]3CC[C@]12C. The Kier molecular flexibility index (Phi) is 5.75. The molecule has 28 heavy (non-hydrogen) atoms. The lowest BCUT2D eigenvalue weighted by atomic mass is 9.48. The third kappa shape index (κ3) is 3.40. The van der Waals surface area contributed by atoms with Crippen molar-refractivity contribution in [3.63, 3.8) is 0 Å². The Morgan fingerprint density at radius 3 is 2.54 bits per heavy atom. The molecule has 2 nitrogen and oxygen atoms in total. The summed E-state index contributed by atoms with van der Waals surface area (Å²) in [7, 11) is 0. The van der Waals surface area contributed by atoms with Crippen LogP contribution in [-0.2, 0) is 4.79 Å². The molecule has 4 rings (SSSR count). The first kappa shape index (κ1) is 20.9. The zero-order valence-electron chi connectivity index (χ0n) is 19.2. The Hall–Kier alpha value is -0.370. The standard InChI is InChI=1S/C26H45NO/c1-17(2)7-6-8-18(3)22-11-12-23-21-10-9-19-15-20(28)16-27-26(19,5)24(21)13-14-25(22,23)4/h17-19,21-24,27H,6-16H2,1-5H3/t18-,19?,21+,22-,23+,24+,25-,26+/m1/s1. The molecule has 0 aromatic carbocycles. The van der Waals surface area contributed by atoms with Gasteiger partial charge >= 0.3 is 0 Å². The monoisotopic (exact) mass is 387 g/mol. The highest BCUT2D eigenvalue weighted by Gasteiger charge is 2.60. The maximum atomic E-state index is 12.0. The maximum absolute atomic E-state index is 12.0. The van der Waals surface area contributed by atoms with Crippen molar-refractivity contribution in [2.24, 2.45) is 46.8 Å². The van der Waals surface area contributed by atoms with Gasteiger partial charge in [0.25, 0.3) is 0 Å². The van der Waals surface area contributed by atoms with Crippen LogP contribution in [0.2, 0.25) is 0 Å². The van der Waals surface area contributed by atoms with Crippen LogP contribution in [0.25, 0.3) is 0 Å². The van der Waals surface area contributed by atoms with Crippen LogP contribution < -0.4 is 5.32 Å². The first-order chi connectivity index (χ1) is 13.3. The Labute approximate surface area is 174 Å². The second kappa shape index (κ2) is 7.71. The van der Waals surface area contributed by atoms with Gasteiger partial charge < -0.3 is 5.32 Å². The van der Waals surface area contributed by atoms with E-state index >= 15 is 0 Å². The minimum Gasteiger partial charge on any atom is -0.304 e. The normalized spacial score (nSPS) is 46.8. The van der Waals surface area contributed by atoms with Gasteiger partial charge in [0.15, 0.2) is 0 Å². The fraction of sp³-hybridized carbons (Fsp3) is 0.962. The minimum absolute atomic E-state index is 0.221. The number of hydrogen-bond donors (Lipinski definition) is 1. The van der Waals surface area contributed by atoms with Crippen molar-refractivity contribution < 1.29 is 4.79 Å². The summed E-state index contributed by atoms with van der Waals surface area (Å²) in [4.78, 5) is 12.0. The first-order valence-corrected chi connectivity index (χ1v) is 12.5. The molecule has 0 spiro atoms. The van der Waals surface area contributed by atoms with E-state index in [1.807, 2.05) is 0 Å². The molecule has 2 heteroatoms. The van der Waals surface area contributed by atoms with Gasteiger partial charge in [0.1, 0.15) is 5.78 Å². The largest absolute Gasteiger partial charge is 0.304 e. The predicted molar refractivity (Wildman–Crippen MR) is 117 cm³/mol. The molecule has 4 aliphatic rings. The van der Waals surface area contributed by atoms with E-state index in [-0.39, 0.29) is 5.54 Å². The Bertz CT molecular complexity index is 585. The number of rotatable bonds is 5. The molecule has 4 fully saturated rings. The average molecular weight is 388 g/mol. The lowest BCUT2D eigenvalue weighted by Crippen LogP contribution is -2.65. The van der Waals surface area contributed by atoms with Gasteiger partial charge in [-0.3, -0.25) is 4.79 Å². The lowest BCUT2D eigenvalue weighted by molar-refractivity contribution is -0.130. The van der Waals surface area contributed by atoms with Crippen LogP contribution in [0.4, 0.5) is 0 Å². The van der Waals surface area contributed by atoms with Crippen molar-refractivity contribution in [3.8, 4) is 0 Å². The molecule has 1 unspecified atom stereocenters. The highest BCUT2D eigenvalue weighted by atomic mass is 16.1. The molecular weight excluding hydrogens is 342 g/mol. The molecule has 1 aliphatic heterocycles. The number of carbonyl (C=O) groups excluding carboxylic acids is 1. The van der Waals surface area contributed by atoms with Crippen LogP contribution in [0, 0.1) is 46.8 Å². The van der Waals surface area contributed by atoms with E-state index < -0.39 is 0 Å². The average Bonchev–Trinajstić information content (AvgIpc) is 2.99. The summed E-state index contributed by atoms with van der Waals surface area (Å²) in [5.41, 5.74) is 0.797. The van der Waals surface area contributed by atoms with Crippen molar-refractivity contribution in [3.05, 3.63) is 0 Å². The molecule has 0 aromatic rings. The van der Waals surface area contributed by atoms with E-state index in [1.54, 1.807) is 0 Å². The molecule has 0 radical (unpaired) electrons. The van der Waals surface area contributed by atoms with Crippen molar-refractivity contribution >= 4 is 5.78 Å². The minimum atomic E-state index is 0.221. The van der Waals surface area contributed by atoms with Gasteiger partial charge in [-0.05, 0) is 92.3 Å². The quantitative estimate of drug-likeness (QED) is 0.605. The van der Waals surface area contributed by atoms with Gasteiger partial charge in [-0.25, -0.2) is 0 Å². The molecule has 160 valence electrons. The first-order valence-electron chi connectivity index (χ1n) is 12.5. The summed E-state index contributed by atoms with van der Waals surface area (Å²) < 4.78 is 0. The summed E-state index contributed by atoms with van der Waals surface area (Å²) in [5, 5.41) is 3.76. The fourth-order valence-electron chi connectivity index (χ4n) is 8.68. The molecular formula is C26H45NO. The molecule has 0 amide bonds. The number of ketones is 1. The van der Waals surface area contributed by atoms with E-state index in [0.717, 1.165) is 41.9 Å². The van der Waals surface area contributed by atoms with E-state index in [4.69, 9.17) is 0 Å². The topological polar surface area (TPSA) is 29.1 Å². The van der Waals surface area contributed by atoms with Crippen LogP contribution >= 0.6 is 0 Å². The van der Waals surface area contributed by atoms with Gasteiger partial charge in [0.2, 0.25) is 0 Å². The highest BCUT2D eigenvalue weighted by Crippen LogP contribution is 2.65. The summed E-state index contributed by atoms with van der Waals surface area (Å²) in [5.74, 6) is 6.34. The predicted octanol–water partition coefficient (Wildman–Crippen LogP) is 6.24. The number of nitrogens with one attached hydrogen (secondary N) is 1. The van der Waals surface area contributed by atoms with E-state index in [1.165, 1.54) is 57.8 Å². The zero-order valence-corrected chi connectivity index (χ0v) is 19.2.